The summed E-state index contributed by atoms with van der Waals surface area (Å²) in [5, 5.41) is 0.304. The molecule has 0 unspecified atom stereocenters. The van der Waals surface area contributed by atoms with E-state index in [9.17, 15) is 13.2 Å². The van der Waals surface area contributed by atoms with Crippen LogP contribution in [0.4, 0.5) is 0 Å². The average Bonchev–Trinajstić information content (AvgIpc) is 2.60. The van der Waals surface area contributed by atoms with Crippen molar-refractivity contribution < 1.29 is 17.4 Å². The average molecular weight is 333 g/mol. The fraction of sp³-hybridized carbons (Fsp3) is 0.0909. The zero-order valence-electron chi connectivity index (χ0n) is 10.2. The third kappa shape index (κ3) is 3.75. The zero-order valence-corrected chi connectivity index (χ0v) is 12.6. The van der Waals surface area contributed by atoms with Crippen LogP contribution in [0.1, 0.15) is 5.56 Å². The van der Waals surface area contributed by atoms with E-state index in [1.165, 1.54) is 12.1 Å². The van der Waals surface area contributed by atoms with Crippen LogP contribution in [0.3, 0.4) is 0 Å². The second-order valence-electron chi connectivity index (χ2n) is 3.84. The van der Waals surface area contributed by atoms with Crippen LogP contribution in [-0.2, 0) is 14.9 Å². The molecule has 1 aromatic rings. The monoisotopic (exact) mass is 332 g/mol. The minimum atomic E-state index is -3.64. The zero-order chi connectivity index (χ0) is 14.9. The summed E-state index contributed by atoms with van der Waals surface area (Å²) in [7, 11) is -3.64. The number of benzene rings is 1. The Hall–Kier alpha value is -1.51. The van der Waals surface area contributed by atoms with E-state index in [2.05, 4.69) is 4.99 Å². The van der Waals surface area contributed by atoms with Crippen molar-refractivity contribution in [3.8, 4) is 5.75 Å². The Morgan fingerprint density at radius 1 is 1.45 bits per heavy atom. The maximum atomic E-state index is 11.4. The molecule has 0 aliphatic carbocycles. The van der Waals surface area contributed by atoms with E-state index in [4.69, 9.17) is 21.5 Å². The SMILES string of the molecule is CS(=O)(=O)Oc1ccc(/C=C2\SC(N)=NC2=O)cc1Cl. The number of thioether (sulfide) groups is 1. The van der Waals surface area contributed by atoms with Crippen molar-refractivity contribution in [2.45, 2.75) is 0 Å². The minimum absolute atomic E-state index is 0.0254. The number of nitrogens with zero attached hydrogens (tertiary/aromatic N) is 1. The summed E-state index contributed by atoms with van der Waals surface area (Å²) in [6, 6.07) is 4.46. The highest BCUT2D eigenvalue weighted by molar-refractivity contribution is 8.18. The number of rotatable bonds is 3. The second-order valence-corrected chi connectivity index (χ2v) is 6.89. The first-order valence-corrected chi connectivity index (χ1v) is 8.23. The molecule has 0 spiro atoms. The van der Waals surface area contributed by atoms with Gasteiger partial charge < -0.3 is 9.92 Å². The molecule has 0 bridgehead atoms. The highest BCUT2D eigenvalue weighted by atomic mass is 35.5. The molecule has 9 heteroatoms. The largest absolute Gasteiger partial charge is 0.381 e. The summed E-state index contributed by atoms with van der Waals surface area (Å²) in [4.78, 5) is 15.4. The molecule has 0 aromatic heterocycles. The summed E-state index contributed by atoms with van der Waals surface area (Å²) in [6.07, 6.45) is 2.49. The normalized spacial score (nSPS) is 17.4. The first-order chi connectivity index (χ1) is 9.24. The van der Waals surface area contributed by atoms with Crippen LogP contribution in [0.15, 0.2) is 28.1 Å². The molecule has 1 amide bonds. The lowest BCUT2D eigenvalue weighted by molar-refractivity contribution is -0.113. The molecule has 6 nitrogen and oxygen atoms in total. The van der Waals surface area contributed by atoms with Gasteiger partial charge in [-0.1, -0.05) is 17.7 Å². The predicted octanol–water partition coefficient (Wildman–Crippen LogP) is 1.61. The molecular weight excluding hydrogens is 324 g/mol. The minimum Gasteiger partial charge on any atom is -0.381 e. The van der Waals surface area contributed by atoms with Gasteiger partial charge >= 0.3 is 10.1 Å². The highest BCUT2D eigenvalue weighted by Crippen LogP contribution is 2.30. The first-order valence-electron chi connectivity index (χ1n) is 5.21. The van der Waals surface area contributed by atoms with Crippen LogP contribution >= 0.6 is 23.4 Å². The summed E-state index contributed by atoms with van der Waals surface area (Å²) in [5.41, 5.74) is 6.04. The summed E-state index contributed by atoms with van der Waals surface area (Å²) in [6.45, 7) is 0. The Labute approximate surface area is 124 Å². The molecule has 0 fully saturated rings. The van der Waals surface area contributed by atoms with E-state index >= 15 is 0 Å². The third-order valence-electron chi connectivity index (χ3n) is 2.13. The molecule has 0 atom stereocenters. The number of amides is 1. The van der Waals surface area contributed by atoms with Gasteiger partial charge in [0.1, 0.15) is 0 Å². The van der Waals surface area contributed by atoms with Gasteiger partial charge in [0, 0.05) is 0 Å². The van der Waals surface area contributed by atoms with Gasteiger partial charge in [0.25, 0.3) is 5.91 Å². The van der Waals surface area contributed by atoms with Crippen molar-refractivity contribution in [3.63, 3.8) is 0 Å². The molecule has 0 saturated carbocycles. The summed E-state index contributed by atoms with van der Waals surface area (Å²) in [5.74, 6) is -0.391. The van der Waals surface area contributed by atoms with Gasteiger partial charge in [0.05, 0.1) is 16.2 Å². The molecule has 2 N–H and O–H groups in total. The van der Waals surface area contributed by atoms with Gasteiger partial charge in [-0.2, -0.15) is 13.4 Å². The third-order valence-corrected chi connectivity index (χ3v) is 3.72. The molecule has 20 heavy (non-hydrogen) atoms. The number of amidine groups is 1. The van der Waals surface area contributed by atoms with E-state index in [1.54, 1.807) is 12.1 Å². The maximum absolute atomic E-state index is 11.4. The van der Waals surface area contributed by atoms with Crippen LogP contribution in [0.25, 0.3) is 6.08 Å². The highest BCUT2D eigenvalue weighted by Gasteiger charge is 2.19. The Balaban J connectivity index is 2.27. The number of hydrogen-bond donors (Lipinski definition) is 1. The molecule has 106 valence electrons. The van der Waals surface area contributed by atoms with Crippen LogP contribution in [-0.4, -0.2) is 25.7 Å². The Bertz CT molecular complexity index is 741. The van der Waals surface area contributed by atoms with Crippen molar-refractivity contribution in [1.29, 1.82) is 0 Å². The standard InChI is InChI=1S/C11H9ClN2O4S2/c1-20(16,17)18-8-3-2-6(4-7(8)12)5-9-10(15)14-11(13)19-9/h2-5H,1H3,(H2,13,14,15)/b9-5-. The molecule has 0 radical (unpaired) electrons. The van der Waals surface area contributed by atoms with Crippen LogP contribution in [0.5, 0.6) is 5.75 Å². The van der Waals surface area contributed by atoms with E-state index < -0.39 is 16.0 Å². The van der Waals surface area contributed by atoms with Gasteiger partial charge in [0.15, 0.2) is 10.9 Å². The smallest absolute Gasteiger partial charge is 0.306 e. The van der Waals surface area contributed by atoms with Crippen molar-refractivity contribution in [2.24, 2.45) is 10.7 Å². The van der Waals surface area contributed by atoms with Crippen LogP contribution in [0.2, 0.25) is 5.02 Å². The first kappa shape index (κ1) is 14.9. The number of halogens is 1. The fourth-order valence-electron chi connectivity index (χ4n) is 1.41. The second kappa shape index (κ2) is 5.47. The van der Waals surface area contributed by atoms with E-state index in [-0.39, 0.29) is 15.9 Å². The number of carbonyl (C=O) groups excluding carboxylic acids is 1. The Kier molecular flexibility index (Phi) is 4.07. The lowest BCUT2D eigenvalue weighted by Crippen LogP contribution is -2.06. The van der Waals surface area contributed by atoms with E-state index in [0.29, 0.717) is 10.5 Å². The van der Waals surface area contributed by atoms with Gasteiger partial charge in [0.2, 0.25) is 0 Å². The van der Waals surface area contributed by atoms with Gasteiger partial charge in [-0.3, -0.25) is 4.79 Å². The van der Waals surface area contributed by atoms with Gasteiger partial charge in [-0.15, -0.1) is 0 Å². The molecule has 1 aliphatic rings. The maximum Gasteiger partial charge on any atom is 0.306 e. The molecule has 1 aromatic carbocycles. The van der Waals surface area contributed by atoms with Crippen molar-refractivity contribution in [2.75, 3.05) is 6.26 Å². The number of aliphatic imine (C=N–C) groups is 1. The Morgan fingerprint density at radius 2 is 2.15 bits per heavy atom. The molecular formula is C11H9ClN2O4S2. The number of hydrogen-bond acceptors (Lipinski definition) is 6. The molecule has 1 aliphatic heterocycles. The van der Waals surface area contributed by atoms with Crippen LogP contribution < -0.4 is 9.92 Å². The van der Waals surface area contributed by atoms with Crippen molar-refractivity contribution in [1.82, 2.24) is 0 Å². The van der Waals surface area contributed by atoms with Crippen LogP contribution in [0, 0.1) is 0 Å². The van der Waals surface area contributed by atoms with E-state index in [0.717, 1.165) is 18.0 Å². The van der Waals surface area contributed by atoms with Crippen molar-refractivity contribution >= 4 is 50.6 Å². The van der Waals surface area contributed by atoms with Crippen molar-refractivity contribution in [3.05, 3.63) is 33.7 Å². The summed E-state index contributed by atoms with van der Waals surface area (Å²) >= 11 is 6.98. The molecule has 0 saturated heterocycles. The molecule has 1 heterocycles. The topological polar surface area (TPSA) is 98.8 Å². The van der Waals surface area contributed by atoms with Gasteiger partial charge in [-0.05, 0) is 35.5 Å². The Morgan fingerprint density at radius 3 is 2.65 bits per heavy atom. The summed E-state index contributed by atoms with van der Waals surface area (Å²) < 4.78 is 26.8. The quantitative estimate of drug-likeness (QED) is 0.667. The lowest BCUT2D eigenvalue weighted by atomic mass is 10.2. The fourth-order valence-corrected chi connectivity index (χ4v) is 2.84. The lowest BCUT2D eigenvalue weighted by Gasteiger charge is -2.05. The number of nitrogens with two attached hydrogens (primary N) is 1. The van der Waals surface area contributed by atoms with Gasteiger partial charge in [-0.25, -0.2) is 0 Å². The predicted molar refractivity (Wildman–Crippen MR) is 79.1 cm³/mol. The number of carbonyl (C=O) groups is 1. The molecule has 2 rings (SSSR count). The van der Waals surface area contributed by atoms with E-state index in [1.807, 2.05) is 0 Å².